The lowest BCUT2D eigenvalue weighted by Crippen LogP contribution is -2.44. The number of halogens is 1. The van der Waals surface area contributed by atoms with Gasteiger partial charge in [-0.15, -0.1) is 0 Å². The van der Waals surface area contributed by atoms with Crippen molar-refractivity contribution in [3.05, 3.63) is 53.3 Å². The van der Waals surface area contributed by atoms with E-state index in [-0.39, 0.29) is 18.5 Å². The molecule has 1 fully saturated rings. The zero-order valence-corrected chi connectivity index (χ0v) is 14.2. The number of morpholine rings is 1. The first-order valence-corrected chi connectivity index (χ1v) is 8.41. The number of nitrogens with zero attached hydrogens (tertiary/aromatic N) is 3. The van der Waals surface area contributed by atoms with Crippen molar-refractivity contribution < 1.29 is 9.53 Å². The normalized spacial score (nSPS) is 16.7. The smallest absolute Gasteiger partial charge is 0.241 e. The van der Waals surface area contributed by atoms with Crippen LogP contribution in [0.1, 0.15) is 11.6 Å². The van der Waals surface area contributed by atoms with Crippen LogP contribution in [0.25, 0.3) is 0 Å². The molecule has 6 nitrogen and oxygen atoms in total. The van der Waals surface area contributed by atoms with Crippen LogP contribution in [0.15, 0.2) is 42.7 Å². The predicted octanol–water partition coefficient (Wildman–Crippen LogP) is 1.73. The lowest BCUT2D eigenvalue weighted by atomic mass is 10.0. The molecule has 1 N–H and O–H groups in total. The Morgan fingerprint density at radius 2 is 2.04 bits per heavy atom. The molecular formula is C17H21ClN4O2. The molecule has 2 aromatic rings. The van der Waals surface area contributed by atoms with Crippen LogP contribution in [0, 0.1) is 0 Å². The lowest BCUT2D eigenvalue weighted by Gasteiger charge is -2.35. The Balaban J connectivity index is 1.65. The van der Waals surface area contributed by atoms with E-state index in [9.17, 15) is 4.79 Å². The number of benzene rings is 1. The average Bonchev–Trinajstić information content (AvgIpc) is 3.10. The summed E-state index contributed by atoms with van der Waals surface area (Å²) < 4.78 is 7.05. The third-order valence-corrected chi connectivity index (χ3v) is 4.35. The van der Waals surface area contributed by atoms with Crippen molar-refractivity contribution in [2.45, 2.75) is 12.6 Å². The van der Waals surface area contributed by atoms with Crippen molar-refractivity contribution in [2.24, 2.45) is 0 Å². The van der Waals surface area contributed by atoms with Crippen molar-refractivity contribution in [1.82, 2.24) is 20.0 Å². The number of carbonyl (C=O) groups is 1. The number of hydrogen-bond acceptors (Lipinski definition) is 4. The Kier molecular flexibility index (Phi) is 5.85. The molecule has 7 heteroatoms. The number of aromatic nitrogens is 2. The predicted molar refractivity (Wildman–Crippen MR) is 91.8 cm³/mol. The fourth-order valence-electron chi connectivity index (χ4n) is 2.84. The first-order chi connectivity index (χ1) is 11.7. The monoisotopic (exact) mass is 348 g/mol. The van der Waals surface area contributed by atoms with Crippen molar-refractivity contribution >= 4 is 17.5 Å². The molecule has 1 saturated heterocycles. The van der Waals surface area contributed by atoms with Gasteiger partial charge in [0.15, 0.2) is 0 Å². The molecule has 0 aliphatic carbocycles. The van der Waals surface area contributed by atoms with Crippen LogP contribution in [0.2, 0.25) is 5.02 Å². The van der Waals surface area contributed by atoms with Gasteiger partial charge in [-0.1, -0.05) is 23.7 Å². The van der Waals surface area contributed by atoms with Crippen LogP contribution in [-0.4, -0.2) is 53.4 Å². The number of rotatable bonds is 6. The maximum absolute atomic E-state index is 12.1. The largest absolute Gasteiger partial charge is 0.379 e. The molecule has 1 amide bonds. The highest BCUT2D eigenvalue weighted by Gasteiger charge is 2.23. The first kappa shape index (κ1) is 17.0. The summed E-state index contributed by atoms with van der Waals surface area (Å²) in [4.78, 5) is 14.5. The Hall–Kier alpha value is -1.89. The summed E-state index contributed by atoms with van der Waals surface area (Å²) in [7, 11) is 0. The zero-order valence-electron chi connectivity index (χ0n) is 13.4. The highest BCUT2D eigenvalue weighted by Crippen LogP contribution is 2.23. The van der Waals surface area contributed by atoms with E-state index in [0.29, 0.717) is 24.8 Å². The van der Waals surface area contributed by atoms with E-state index in [0.717, 1.165) is 18.7 Å². The van der Waals surface area contributed by atoms with Gasteiger partial charge in [-0.2, -0.15) is 5.10 Å². The molecule has 128 valence electrons. The van der Waals surface area contributed by atoms with E-state index in [1.54, 1.807) is 23.1 Å². The van der Waals surface area contributed by atoms with Gasteiger partial charge >= 0.3 is 0 Å². The lowest BCUT2D eigenvalue weighted by molar-refractivity contribution is -0.122. The highest BCUT2D eigenvalue weighted by atomic mass is 35.5. The number of nitrogens with one attached hydrogen (secondary N) is 1. The van der Waals surface area contributed by atoms with E-state index >= 15 is 0 Å². The highest BCUT2D eigenvalue weighted by molar-refractivity contribution is 6.30. The van der Waals surface area contributed by atoms with Crippen LogP contribution in [-0.2, 0) is 16.1 Å². The molecule has 0 radical (unpaired) electrons. The van der Waals surface area contributed by atoms with Crippen LogP contribution >= 0.6 is 11.6 Å². The molecule has 0 bridgehead atoms. The number of hydrogen-bond donors (Lipinski definition) is 1. The van der Waals surface area contributed by atoms with Gasteiger partial charge in [-0.3, -0.25) is 14.4 Å². The zero-order chi connectivity index (χ0) is 16.8. The summed E-state index contributed by atoms with van der Waals surface area (Å²) in [5.41, 5.74) is 1.14. The molecule has 1 aliphatic heterocycles. The van der Waals surface area contributed by atoms with E-state index < -0.39 is 0 Å². The second-order valence-corrected chi connectivity index (χ2v) is 6.16. The molecule has 24 heavy (non-hydrogen) atoms. The van der Waals surface area contributed by atoms with Gasteiger partial charge in [0.2, 0.25) is 5.91 Å². The number of ether oxygens (including phenoxy) is 1. The van der Waals surface area contributed by atoms with E-state index in [4.69, 9.17) is 16.3 Å². The molecule has 1 unspecified atom stereocenters. The van der Waals surface area contributed by atoms with Gasteiger partial charge in [0.25, 0.3) is 0 Å². The van der Waals surface area contributed by atoms with Crippen LogP contribution in [0.3, 0.4) is 0 Å². The molecule has 1 aliphatic rings. The van der Waals surface area contributed by atoms with Crippen LogP contribution < -0.4 is 5.32 Å². The van der Waals surface area contributed by atoms with Crippen molar-refractivity contribution in [2.75, 3.05) is 32.8 Å². The molecule has 0 saturated carbocycles. The summed E-state index contributed by atoms with van der Waals surface area (Å²) in [6, 6.07) is 9.71. The van der Waals surface area contributed by atoms with Crippen molar-refractivity contribution in [1.29, 1.82) is 0 Å². The average molecular weight is 349 g/mol. The van der Waals surface area contributed by atoms with Gasteiger partial charge in [-0.25, -0.2) is 0 Å². The minimum absolute atomic E-state index is 0.0501. The van der Waals surface area contributed by atoms with Gasteiger partial charge in [0, 0.05) is 37.1 Å². The van der Waals surface area contributed by atoms with E-state index in [2.05, 4.69) is 15.3 Å². The molecule has 1 aromatic carbocycles. The number of carbonyl (C=O) groups excluding carboxylic acids is 1. The van der Waals surface area contributed by atoms with Gasteiger partial charge in [-0.05, 0) is 23.8 Å². The Bertz CT molecular complexity index is 639. The summed E-state index contributed by atoms with van der Waals surface area (Å²) >= 11 is 6.00. The third kappa shape index (κ3) is 4.56. The summed E-state index contributed by atoms with van der Waals surface area (Å²) in [5, 5.41) is 7.78. The van der Waals surface area contributed by atoms with Gasteiger partial charge < -0.3 is 10.1 Å². The Morgan fingerprint density at radius 1 is 1.29 bits per heavy atom. The molecule has 2 heterocycles. The fraction of sp³-hybridized carbons (Fsp3) is 0.412. The molecule has 1 atom stereocenters. The first-order valence-electron chi connectivity index (χ1n) is 8.04. The quantitative estimate of drug-likeness (QED) is 0.863. The Morgan fingerprint density at radius 3 is 2.71 bits per heavy atom. The molecule has 1 aromatic heterocycles. The Labute approximate surface area is 146 Å². The van der Waals surface area contributed by atoms with E-state index in [1.807, 2.05) is 24.3 Å². The summed E-state index contributed by atoms with van der Waals surface area (Å²) in [5.74, 6) is -0.0501. The fourth-order valence-corrected chi connectivity index (χ4v) is 2.97. The van der Waals surface area contributed by atoms with Crippen LogP contribution in [0.5, 0.6) is 0 Å². The van der Waals surface area contributed by atoms with E-state index in [1.165, 1.54) is 0 Å². The SMILES string of the molecule is O=C(Cn1cccn1)NCC(c1ccc(Cl)cc1)N1CCOCC1. The molecule has 3 rings (SSSR count). The minimum Gasteiger partial charge on any atom is -0.379 e. The molecular weight excluding hydrogens is 328 g/mol. The summed E-state index contributed by atoms with van der Waals surface area (Å²) in [6.07, 6.45) is 3.44. The maximum atomic E-state index is 12.1. The van der Waals surface area contributed by atoms with Crippen molar-refractivity contribution in [3.63, 3.8) is 0 Å². The molecule has 0 spiro atoms. The second-order valence-electron chi connectivity index (χ2n) is 5.72. The van der Waals surface area contributed by atoms with Gasteiger partial charge in [0.05, 0.1) is 19.3 Å². The minimum atomic E-state index is -0.0501. The van der Waals surface area contributed by atoms with Crippen LogP contribution in [0.4, 0.5) is 0 Å². The standard InChI is InChI=1S/C17H21ClN4O2/c18-15-4-2-14(3-5-15)16(21-8-10-24-11-9-21)12-19-17(23)13-22-7-1-6-20-22/h1-7,16H,8-13H2,(H,19,23). The maximum Gasteiger partial charge on any atom is 0.241 e. The summed E-state index contributed by atoms with van der Waals surface area (Å²) in [6.45, 7) is 3.90. The topological polar surface area (TPSA) is 59.4 Å². The second kappa shape index (κ2) is 8.28. The van der Waals surface area contributed by atoms with Gasteiger partial charge in [0.1, 0.15) is 6.54 Å². The third-order valence-electron chi connectivity index (χ3n) is 4.10. The van der Waals surface area contributed by atoms with Crippen molar-refractivity contribution in [3.8, 4) is 0 Å². The number of amides is 1.